The lowest BCUT2D eigenvalue weighted by Crippen LogP contribution is -2.26. The third-order valence-corrected chi connectivity index (χ3v) is 2.44. The normalized spacial score (nSPS) is 15.2. The number of benzene rings is 1. The van der Waals surface area contributed by atoms with Gasteiger partial charge < -0.3 is 15.4 Å². The SMILES string of the molecule is COC(=O)/C=C1\Nc2ccc([N+](=O)[O-])cc2NC1=O. The first kappa shape index (κ1) is 12.6. The molecule has 0 saturated heterocycles. The van der Waals surface area contributed by atoms with Crippen molar-refractivity contribution in [2.24, 2.45) is 0 Å². The minimum Gasteiger partial charge on any atom is -0.466 e. The Hall–Kier alpha value is -2.90. The molecule has 0 bridgehead atoms. The predicted molar refractivity (Wildman–Crippen MR) is 65.4 cm³/mol. The third kappa shape index (κ3) is 2.51. The first-order valence-electron chi connectivity index (χ1n) is 5.17. The molecule has 0 spiro atoms. The molecule has 0 radical (unpaired) electrons. The van der Waals surface area contributed by atoms with Gasteiger partial charge in [0.05, 0.1) is 29.5 Å². The van der Waals surface area contributed by atoms with Crippen LogP contribution in [0, 0.1) is 10.1 Å². The quantitative estimate of drug-likeness (QED) is 0.356. The monoisotopic (exact) mass is 263 g/mol. The van der Waals surface area contributed by atoms with E-state index in [-0.39, 0.29) is 17.1 Å². The molecule has 19 heavy (non-hydrogen) atoms. The first-order chi connectivity index (χ1) is 9.01. The smallest absolute Gasteiger partial charge is 0.332 e. The third-order valence-electron chi connectivity index (χ3n) is 2.44. The zero-order chi connectivity index (χ0) is 14.0. The van der Waals surface area contributed by atoms with Crippen LogP contribution in [-0.4, -0.2) is 23.9 Å². The number of amides is 1. The van der Waals surface area contributed by atoms with E-state index in [0.29, 0.717) is 5.69 Å². The maximum Gasteiger partial charge on any atom is 0.332 e. The summed E-state index contributed by atoms with van der Waals surface area (Å²) in [6.07, 6.45) is 1.000. The second kappa shape index (κ2) is 4.77. The van der Waals surface area contributed by atoms with Gasteiger partial charge in [0.1, 0.15) is 5.70 Å². The van der Waals surface area contributed by atoms with Gasteiger partial charge in [-0.2, -0.15) is 0 Å². The molecule has 8 heteroatoms. The van der Waals surface area contributed by atoms with Crippen molar-refractivity contribution in [1.29, 1.82) is 0 Å². The van der Waals surface area contributed by atoms with Crippen molar-refractivity contribution < 1.29 is 19.2 Å². The molecular weight excluding hydrogens is 254 g/mol. The Morgan fingerprint density at radius 3 is 2.74 bits per heavy atom. The molecule has 0 fully saturated rings. The number of anilines is 2. The molecule has 1 aliphatic rings. The fraction of sp³-hybridized carbons (Fsp3) is 0.0909. The highest BCUT2D eigenvalue weighted by Crippen LogP contribution is 2.31. The maximum absolute atomic E-state index is 11.7. The van der Waals surface area contributed by atoms with E-state index < -0.39 is 16.8 Å². The summed E-state index contributed by atoms with van der Waals surface area (Å²) in [4.78, 5) is 32.8. The van der Waals surface area contributed by atoms with E-state index in [1.165, 1.54) is 25.3 Å². The molecule has 98 valence electrons. The number of methoxy groups -OCH3 is 1. The standard InChI is InChI=1S/C11H9N3O5/c1-19-10(15)5-9-11(16)13-8-4-6(14(17)18)2-3-7(8)12-9/h2-5,12H,1H3,(H,13,16)/b9-5-. The number of hydrogen-bond acceptors (Lipinski definition) is 6. The molecule has 0 saturated carbocycles. The lowest BCUT2D eigenvalue weighted by atomic mass is 10.1. The minimum atomic E-state index is -0.678. The summed E-state index contributed by atoms with van der Waals surface area (Å²) in [7, 11) is 1.19. The molecule has 1 aromatic rings. The fourth-order valence-corrected chi connectivity index (χ4v) is 1.53. The summed E-state index contributed by atoms with van der Waals surface area (Å²) >= 11 is 0. The van der Waals surface area contributed by atoms with E-state index in [4.69, 9.17) is 0 Å². The van der Waals surface area contributed by atoms with E-state index in [1.807, 2.05) is 0 Å². The number of nitro benzene ring substituents is 1. The number of fused-ring (bicyclic) bond motifs is 1. The second-order valence-corrected chi connectivity index (χ2v) is 3.65. The Morgan fingerprint density at radius 2 is 2.11 bits per heavy atom. The van der Waals surface area contributed by atoms with Crippen molar-refractivity contribution in [3.05, 3.63) is 40.1 Å². The summed E-state index contributed by atoms with van der Waals surface area (Å²) in [5, 5.41) is 15.8. The van der Waals surface area contributed by atoms with Crippen LogP contribution in [0.25, 0.3) is 0 Å². The van der Waals surface area contributed by atoms with Crippen LogP contribution in [-0.2, 0) is 14.3 Å². The van der Waals surface area contributed by atoms with E-state index in [0.717, 1.165) is 6.08 Å². The van der Waals surface area contributed by atoms with Gasteiger partial charge in [0.15, 0.2) is 0 Å². The van der Waals surface area contributed by atoms with Crippen LogP contribution in [0.4, 0.5) is 17.1 Å². The molecular formula is C11H9N3O5. The van der Waals surface area contributed by atoms with Crippen molar-refractivity contribution in [3.8, 4) is 0 Å². The molecule has 1 amide bonds. The number of hydrogen-bond donors (Lipinski definition) is 2. The van der Waals surface area contributed by atoms with Crippen molar-refractivity contribution >= 4 is 28.9 Å². The highest BCUT2D eigenvalue weighted by Gasteiger charge is 2.22. The highest BCUT2D eigenvalue weighted by atomic mass is 16.6. The second-order valence-electron chi connectivity index (χ2n) is 3.65. The summed E-state index contributed by atoms with van der Waals surface area (Å²) < 4.78 is 4.42. The van der Waals surface area contributed by atoms with Crippen LogP contribution >= 0.6 is 0 Å². The molecule has 2 N–H and O–H groups in total. The molecule has 1 aliphatic heterocycles. The molecule has 0 aliphatic carbocycles. The lowest BCUT2D eigenvalue weighted by molar-refractivity contribution is -0.384. The van der Waals surface area contributed by atoms with Crippen LogP contribution in [0.1, 0.15) is 0 Å². The first-order valence-corrected chi connectivity index (χ1v) is 5.17. The zero-order valence-electron chi connectivity index (χ0n) is 9.80. The Bertz CT molecular complexity index is 608. The predicted octanol–water partition coefficient (Wildman–Crippen LogP) is 1.02. The Balaban J connectivity index is 2.35. The van der Waals surface area contributed by atoms with Gasteiger partial charge >= 0.3 is 5.97 Å². The van der Waals surface area contributed by atoms with Crippen molar-refractivity contribution in [3.63, 3.8) is 0 Å². The van der Waals surface area contributed by atoms with Crippen LogP contribution in [0.5, 0.6) is 0 Å². The molecule has 2 rings (SSSR count). The number of ether oxygens (including phenoxy) is 1. The number of rotatable bonds is 2. The van der Waals surface area contributed by atoms with Crippen molar-refractivity contribution in [2.75, 3.05) is 17.7 Å². The molecule has 1 heterocycles. The topological polar surface area (TPSA) is 111 Å². The number of non-ortho nitro benzene ring substituents is 1. The zero-order valence-corrected chi connectivity index (χ0v) is 9.80. The van der Waals surface area contributed by atoms with Gasteiger partial charge in [-0.3, -0.25) is 14.9 Å². The van der Waals surface area contributed by atoms with Gasteiger partial charge in [0.2, 0.25) is 0 Å². The summed E-state index contributed by atoms with van der Waals surface area (Å²) in [6.45, 7) is 0. The largest absolute Gasteiger partial charge is 0.466 e. The number of carbonyl (C=O) groups is 2. The molecule has 0 atom stereocenters. The summed E-state index contributed by atoms with van der Waals surface area (Å²) in [5.74, 6) is -1.25. The van der Waals surface area contributed by atoms with E-state index in [1.54, 1.807) is 0 Å². The van der Waals surface area contributed by atoms with E-state index in [2.05, 4.69) is 15.4 Å². The van der Waals surface area contributed by atoms with E-state index in [9.17, 15) is 19.7 Å². The fourth-order valence-electron chi connectivity index (χ4n) is 1.53. The van der Waals surface area contributed by atoms with Gasteiger partial charge in [-0.1, -0.05) is 0 Å². The molecule has 1 aromatic carbocycles. The van der Waals surface area contributed by atoms with E-state index >= 15 is 0 Å². The molecule has 0 aromatic heterocycles. The van der Waals surface area contributed by atoms with Gasteiger partial charge in [0, 0.05) is 12.1 Å². The van der Waals surface area contributed by atoms with Crippen LogP contribution in [0.3, 0.4) is 0 Å². The average molecular weight is 263 g/mol. The maximum atomic E-state index is 11.7. The van der Waals surface area contributed by atoms with Crippen molar-refractivity contribution in [1.82, 2.24) is 0 Å². The Kier molecular flexibility index (Phi) is 3.15. The summed E-state index contributed by atoms with van der Waals surface area (Å²) in [6, 6.07) is 3.96. The number of carbonyl (C=O) groups excluding carboxylic acids is 2. The van der Waals surface area contributed by atoms with Crippen LogP contribution in [0.15, 0.2) is 30.0 Å². The van der Waals surface area contributed by atoms with Gasteiger partial charge in [-0.05, 0) is 6.07 Å². The molecule has 0 unspecified atom stereocenters. The Morgan fingerprint density at radius 1 is 1.37 bits per heavy atom. The van der Waals surface area contributed by atoms with Crippen LogP contribution < -0.4 is 10.6 Å². The van der Waals surface area contributed by atoms with Gasteiger partial charge in [-0.25, -0.2) is 4.79 Å². The van der Waals surface area contributed by atoms with Crippen LogP contribution in [0.2, 0.25) is 0 Å². The number of nitro groups is 1. The summed E-state index contributed by atoms with van der Waals surface area (Å²) in [5.41, 5.74) is 0.607. The molecule has 8 nitrogen and oxygen atoms in total. The average Bonchev–Trinajstić information content (AvgIpc) is 2.38. The number of esters is 1. The van der Waals surface area contributed by atoms with Crippen molar-refractivity contribution in [2.45, 2.75) is 0 Å². The lowest BCUT2D eigenvalue weighted by Gasteiger charge is -2.20. The number of nitrogens with one attached hydrogen (secondary N) is 2. The Labute approximate surface area is 107 Å². The number of nitrogens with zero attached hydrogens (tertiary/aromatic N) is 1. The minimum absolute atomic E-state index is 0.00760. The highest BCUT2D eigenvalue weighted by molar-refractivity contribution is 6.13. The van der Waals surface area contributed by atoms with Gasteiger partial charge in [-0.15, -0.1) is 0 Å². The van der Waals surface area contributed by atoms with Gasteiger partial charge in [0.25, 0.3) is 11.6 Å².